The number of nitrogens with zero attached hydrogens (tertiary/aromatic N) is 1. The van der Waals surface area contributed by atoms with Crippen molar-refractivity contribution in [1.82, 2.24) is 4.72 Å². The molecule has 3 aromatic rings. The number of ketones is 1. The summed E-state index contributed by atoms with van der Waals surface area (Å²) >= 11 is 0. The standard InChI is InChI=1S/C26H28N2O5S/c1-19(2)27-34(30,31)24-11-5-21(6-12-24)26-14-10-23(33-26)9-13-25(29)20-3-7-22(8-4-20)28-15-17-32-18-16-28/h3-14,19,27H,15-18H2,1-2H3/b13-9-. The first-order valence-electron chi connectivity index (χ1n) is 11.2. The zero-order valence-electron chi connectivity index (χ0n) is 19.2. The zero-order valence-corrected chi connectivity index (χ0v) is 20.0. The van der Waals surface area contributed by atoms with Crippen molar-refractivity contribution in [2.45, 2.75) is 24.8 Å². The average Bonchev–Trinajstić information content (AvgIpc) is 3.32. The van der Waals surface area contributed by atoms with Crippen LogP contribution >= 0.6 is 0 Å². The molecule has 0 saturated carbocycles. The van der Waals surface area contributed by atoms with E-state index in [0.29, 0.717) is 30.3 Å². The van der Waals surface area contributed by atoms with Gasteiger partial charge in [0.2, 0.25) is 10.0 Å². The molecule has 1 aromatic heterocycles. The van der Waals surface area contributed by atoms with Crippen molar-refractivity contribution in [2.75, 3.05) is 31.2 Å². The van der Waals surface area contributed by atoms with Gasteiger partial charge in [-0.3, -0.25) is 4.79 Å². The summed E-state index contributed by atoms with van der Waals surface area (Å²) in [5.41, 5.74) is 2.43. The maximum Gasteiger partial charge on any atom is 0.240 e. The molecular weight excluding hydrogens is 452 g/mol. The number of sulfonamides is 1. The molecule has 4 rings (SSSR count). The normalized spacial score (nSPS) is 14.7. The average molecular weight is 481 g/mol. The summed E-state index contributed by atoms with van der Waals surface area (Å²) in [6.45, 7) is 6.67. The Labute approximate surface area is 200 Å². The molecule has 0 spiro atoms. The Morgan fingerprint density at radius 1 is 0.971 bits per heavy atom. The fourth-order valence-corrected chi connectivity index (χ4v) is 4.94. The van der Waals surface area contributed by atoms with Crippen molar-refractivity contribution in [2.24, 2.45) is 0 Å². The molecule has 1 N–H and O–H groups in total. The van der Waals surface area contributed by atoms with Crippen LogP contribution in [0.5, 0.6) is 0 Å². The first-order chi connectivity index (χ1) is 16.3. The Balaban J connectivity index is 1.40. The Bertz CT molecular complexity index is 1250. The van der Waals surface area contributed by atoms with Gasteiger partial charge in [0.15, 0.2) is 5.78 Å². The largest absolute Gasteiger partial charge is 0.457 e. The molecule has 1 aliphatic heterocycles. The number of morpholine rings is 1. The van der Waals surface area contributed by atoms with E-state index in [1.165, 1.54) is 6.08 Å². The van der Waals surface area contributed by atoms with Crippen LogP contribution < -0.4 is 9.62 Å². The Hall–Kier alpha value is -3.20. The molecule has 0 unspecified atom stereocenters. The third-order valence-electron chi connectivity index (χ3n) is 5.39. The summed E-state index contributed by atoms with van der Waals surface area (Å²) in [5.74, 6) is 1.01. The van der Waals surface area contributed by atoms with Crippen LogP contribution in [0.15, 0.2) is 76.1 Å². The lowest BCUT2D eigenvalue weighted by Crippen LogP contribution is -2.36. The van der Waals surface area contributed by atoms with Crippen LogP contribution in [0, 0.1) is 0 Å². The van der Waals surface area contributed by atoms with Gasteiger partial charge in [0, 0.05) is 35.9 Å². The molecule has 1 aliphatic rings. The highest BCUT2D eigenvalue weighted by Gasteiger charge is 2.16. The van der Waals surface area contributed by atoms with Crippen molar-refractivity contribution < 1.29 is 22.4 Å². The Morgan fingerprint density at radius 2 is 1.65 bits per heavy atom. The van der Waals surface area contributed by atoms with Crippen molar-refractivity contribution in [3.63, 3.8) is 0 Å². The number of ether oxygens (including phenoxy) is 1. The third-order valence-corrected chi connectivity index (χ3v) is 7.07. The van der Waals surface area contributed by atoms with Crippen molar-refractivity contribution in [3.05, 3.63) is 78.1 Å². The molecular formula is C26H28N2O5S. The van der Waals surface area contributed by atoms with E-state index in [9.17, 15) is 13.2 Å². The number of anilines is 1. The maximum atomic E-state index is 12.6. The number of benzene rings is 2. The molecule has 1 fully saturated rings. The van der Waals surface area contributed by atoms with Gasteiger partial charge in [0.25, 0.3) is 0 Å². The van der Waals surface area contributed by atoms with E-state index in [1.54, 1.807) is 56.3 Å². The van der Waals surface area contributed by atoms with Gasteiger partial charge in [-0.25, -0.2) is 13.1 Å². The SMILES string of the molecule is CC(C)NS(=O)(=O)c1ccc(-c2ccc(/C=C\C(=O)c3ccc(N4CCOCC4)cc3)o2)cc1. The fraction of sp³-hybridized carbons (Fsp3) is 0.269. The van der Waals surface area contributed by atoms with Crippen LogP contribution in [0.4, 0.5) is 5.69 Å². The quantitative estimate of drug-likeness (QED) is 0.381. The number of carbonyl (C=O) groups is 1. The van der Waals surface area contributed by atoms with E-state index in [2.05, 4.69) is 9.62 Å². The van der Waals surface area contributed by atoms with E-state index in [4.69, 9.17) is 9.15 Å². The topological polar surface area (TPSA) is 88.9 Å². The number of carbonyl (C=O) groups excluding carboxylic acids is 1. The molecule has 0 bridgehead atoms. The third kappa shape index (κ3) is 5.83. The van der Waals surface area contributed by atoms with Crippen molar-refractivity contribution >= 4 is 27.6 Å². The number of furan rings is 1. The summed E-state index contributed by atoms with van der Waals surface area (Å²) in [5, 5.41) is 0. The van der Waals surface area contributed by atoms with Gasteiger partial charge in [-0.2, -0.15) is 0 Å². The molecule has 0 atom stereocenters. The second-order valence-corrected chi connectivity index (χ2v) is 10.1. The molecule has 7 nitrogen and oxygen atoms in total. The van der Waals surface area contributed by atoms with Crippen LogP contribution in [0.1, 0.15) is 30.0 Å². The first kappa shape index (κ1) is 23.9. The minimum Gasteiger partial charge on any atom is -0.457 e. The molecule has 0 aliphatic carbocycles. The maximum absolute atomic E-state index is 12.6. The van der Waals surface area contributed by atoms with Crippen LogP contribution in [0.3, 0.4) is 0 Å². The second kappa shape index (κ2) is 10.4. The molecule has 0 radical (unpaired) electrons. The van der Waals surface area contributed by atoms with Gasteiger partial charge >= 0.3 is 0 Å². The van der Waals surface area contributed by atoms with Crippen LogP contribution in [-0.2, 0) is 14.8 Å². The number of hydrogen-bond donors (Lipinski definition) is 1. The van der Waals surface area contributed by atoms with Crippen LogP contribution in [0.25, 0.3) is 17.4 Å². The lowest BCUT2D eigenvalue weighted by molar-refractivity contribution is 0.104. The van der Waals surface area contributed by atoms with Crippen LogP contribution in [0.2, 0.25) is 0 Å². The summed E-state index contributed by atoms with van der Waals surface area (Å²) in [6, 6.07) is 17.4. The van der Waals surface area contributed by atoms with E-state index >= 15 is 0 Å². The molecule has 1 saturated heterocycles. The van der Waals surface area contributed by atoms with Crippen LogP contribution in [-0.4, -0.2) is 46.5 Å². The van der Waals surface area contributed by atoms with E-state index in [0.717, 1.165) is 24.3 Å². The van der Waals surface area contributed by atoms with E-state index < -0.39 is 10.0 Å². The molecule has 2 heterocycles. The molecule has 8 heteroatoms. The van der Waals surface area contributed by atoms with E-state index in [-0.39, 0.29) is 16.7 Å². The highest BCUT2D eigenvalue weighted by Crippen LogP contribution is 2.25. The minimum absolute atomic E-state index is 0.112. The van der Waals surface area contributed by atoms with Gasteiger partial charge in [0.1, 0.15) is 11.5 Å². The van der Waals surface area contributed by atoms with E-state index in [1.807, 2.05) is 24.3 Å². The smallest absolute Gasteiger partial charge is 0.240 e. The van der Waals surface area contributed by atoms with Crippen molar-refractivity contribution in [1.29, 1.82) is 0 Å². The summed E-state index contributed by atoms with van der Waals surface area (Å²) in [7, 11) is -3.54. The number of allylic oxidation sites excluding steroid dienone is 1. The summed E-state index contributed by atoms with van der Waals surface area (Å²) < 4.78 is 38.3. The van der Waals surface area contributed by atoms with Gasteiger partial charge in [0.05, 0.1) is 18.1 Å². The summed E-state index contributed by atoms with van der Waals surface area (Å²) in [4.78, 5) is 15.0. The van der Waals surface area contributed by atoms with Gasteiger partial charge in [-0.15, -0.1) is 0 Å². The number of nitrogens with one attached hydrogen (secondary N) is 1. The fourth-order valence-electron chi connectivity index (χ4n) is 3.69. The number of rotatable bonds is 8. The van der Waals surface area contributed by atoms with Crippen molar-refractivity contribution in [3.8, 4) is 11.3 Å². The van der Waals surface area contributed by atoms with Gasteiger partial charge in [-0.1, -0.05) is 0 Å². The zero-order chi connectivity index (χ0) is 24.1. The lowest BCUT2D eigenvalue weighted by Gasteiger charge is -2.28. The Morgan fingerprint density at radius 3 is 2.29 bits per heavy atom. The highest BCUT2D eigenvalue weighted by atomic mass is 32.2. The predicted molar refractivity (Wildman–Crippen MR) is 132 cm³/mol. The lowest BCUT2D eigenvalue weighted by atomic mass is 10.1. The molecule has 34 heavy (non-hydrogen) atoms. The van der Waals surface area contributed by atoms with Gasteiger partial charge in [-0.05, 0) is 86.7 Å². The molecule has 2 aromatic carbocycles. The highest BCUT2D eigenvalue weighted by molar-refractivity contribution is 7.89. The number of hydrogen-bond acceptors (Lipinski definition) is 6. The minimum atomic E-state index is -3.54. The second-order valence-electron chi connectivity index (χ2n) is 8.35. The first-order valence-corrected chi connectivity index (χ1v) is 12.7. The van der Waals surface area contributed by atoms with Gasteiger partial charge < -0.3 is 14.1 Å². The molecule has 178 valence electrons. The Kier molecular flexibility index (Phi) is 7.31. The molecule has 0 amide bonds. The monoisotopic (exact) mass is 480 g/mol. The summed E-state index contributed by atoms with van der Waals surface area (Å²) in [6.07, 6.45) is 3.12. The predicted octanol–water partition coefficient (Wildman–Crippen LogP) is 4.37.